The average molecular weight is 686 g/mol. The molecule has 0 aliphatic heterocycles. The Balaban J connectivity index is 0.000000851. The number of phenols is 1. The van der Waals surface area contributed by atoms with Crippen molar-refractivity contribution in [3.8, 4) is 11.5 Å². The molecule has 0 saturated carbocycles. The maximum Gasteiger partial charge on any atom is 0.259 e. The van der Waals surface area contributed by atoms with Gasteiger partial charge in [-0.1, -0.05) is 58.1 Å². The molecule has 0 bridgehead atoms. The van der Waals surface area contributed by atoms with E-state index in [0.717, 1.165) is 37.0 Å². The molecular formula is C30H49N2O4W+. The van der Waals surface area contributed by atoms with E-state index in [1.54, 1.807) is 18.2 Å². The monoisotopic (exact) mass is 685 g/mol. The number of aliphatic hydroxyl groups excluding tert-OH is 1. The van der Waals surface area contributed by atoms with Gasteiger partial charge in [-0.15, -0.1) is 0 Å². The fourth-order valence-corrected chi connectivity index (χ4v) is 4.08. The number of benzene rings is 2. The SMILES string of the molecule is CCCCCCCOc1ccccc1C(=O)Nc1ccc(O)cc1.CCCC[N+](CC)(CC)CCO.[W]. The number of unbranched alkanes of at least 4 members (excludes halogenated alkanes) is 5. The molecule has 6 nitrogen and oxygen atoms in total. The molecule has 2 aromatic rings. The minimum Gasteiger partial charge on any atom is -0.508 e. The van der Waals surface area contributed by atoms with Crippen molar-refractivity contribution in [1.29, 1.82) is 0 Å². The van der Waals surface area contributed by atoms with Crippen molar-refractivity contribution in [2.45, 2.75) is 72.6 Å². The van der Waals surface area contributed by atoms with Crippen LogP contribution in [-0.4, -0.2) is 60.0 Å². The first-order chi connectivity index (χ1) is 17.4. The van der Waals surface area contributed by atoms with Gasteiger partial charge in [0.05, 0.1) is 38.4 Å². The molecule has 0 heterocycles. The van der Waals surface area contributed by atoms with E-state index in [-0.39, 0.29) is 32.7 Å². The predicted octanol–water partition coefficient (Wildman–Crippen LogP) is 6.63. The second-order valence-corrected chi connectivity index (χ2v) is 9.26. The summed E-state index contributed by atoms with van der Waals surface area (Å²) >= 11 is 0. The van der Waals surface area contributed by atoms with E-state index in [4.69, 9.17) is 9.84 Å². The molecule has 2 aromatic carbocycles. The number of para-hydroxylation sites is 1. The van der Waals surface area contributed by atoms with Crippen LogP contribution in [0, 0.1) is 0 Å². The molecule has 0 saturated heterocycles. The first-order valence-corrected chi connectivity index (χ1v) is 13.7. The number of carbonyl (C=O) groups is 1. The summed E-state index contributed by atoms with van der Waals surface area (Å²) in [4.78, 5) is 12.4. The van der Waals surface area contributed by atoms with Crippen LogP contribution in [0.5, 0.6) is 11.5 Å². The van der Waals surface area contributed by atoms with Crippen LogP contribution < -0.4 is 10.1 Å². The molecule has 2 rings (SSSR count). The Morgan fingerprint density at radius 1 is 0.838 bits per heavy atom. The summed E-state index contributed by atoms with van der Waals surface area (Å²) in [5.41, 5.74) is 1.14. The number of amides is 1. The third-order valence-corrected chi connectivity index (χ3v) is 6.66. The molecule has 37 heavy (non-hydrogen) atoms. The van der Waals surface area contributed by atoms with Crippen LogP contribution in [0.4, 0.5) is 5.69 Å². The third kappa shape index (κ3) is 14.0. The van der Waals surface area contributed by atoms with E-state index < -0.39 is 0 Å². The Morgan fingerprint density at radius 3 is 2.05 bits per heavy atom. The first-order valence-electron chi connectivity index (χ1n) is 13.7. The van der Waals surface area contributed by atoms with Crippen LogP contribution in [0.3, 0.4) is 0 Å². The number of aromatic hydroxyl groups is 1. The molecule has 0 unspecified atom stereocenters. The minimum atomic E-state index is -0.220. The summed E-state index contributed by atoms with van der Waals surface area (Å²) in [5.74, 6) is 0.548. The Morgan fingerprint density at radius 2 is 1.46 bits per heavy atom. The normalized spacial score (nSPS) is 10.6. The number of nitrogens with one attached hydrogen (secondary N) is 1. The predicted molar refractivity (Wildman–Crippen MR) is 150 cm³/mol. The summed E-state index contributed by atoms with van der Waals surface area (Å²) in [7, 11) is 0. The van der Waals surface area contributed by atoms with Gasteiger partial charge in [-0.2, -0.15) is 0 Å². The van der Waals surface area contributed by atoms with Gasteiger partial charge in [0, 0.05) is 26.8 Å². The molecule has 0 fully saturated rings. The van der Waals surface area contributed by atoms with E-state index in [9.17, 15) is 9.90 Å². The number of anilines is 1. The van der Waals surface area contributed by atoms with Crippen LogP contribution >= 0.6 is 0 Å². The van der Waals surface area contributed by atoms with Crippen LogP contribution in [0.25, 0.3) is 0 Å². The summed E-state index contributed by atoms with van der Waals surface area (Å²) in [6.07, 6.45) is 8.38. The van der Waals surface area contributed by atoms with Crippen molar-refractivity contribution in [1.82, 2.24) is 0 Å². The van der Waals surface area contributed by atoms with Gasteiger partial charge in [0.15, 0.2) is 0 Å². The van der Waals surface area contributed by atoms with E-state index in [1.807, 2.05) is 18.2 Å². The number of aliphatic hydroxyl groups is 1. The second-order valence-electron chi connectivity index (χ2n) is 9.26. The van der Waals surface area contributed by atoms with Crippen molar-refractivity contribution >= 4 is 11.6 Å². The topological polar surface area (TPSA) is 78.8 Å². The van der Waals surface area contributed by atoms with Gasteiger partial charge in [0.2, 0.25) is 0 Å². The zero-order valence-corrected chi connectivity index (χ0v) is 26.3. The fourth-order valence-electron chi connectivity index (χ4n) is 4.08. The van der Waals surface area contributed by atoms with E-state index in [2.05, 4.69) is 33.0 Å². The van der Waals surface area contributed by atoms with Crippen molar-refractivity contribution in [3.63, 3.8) is 0 Å². The van der Waals surface area contributed by atoms with Gasteiger partial charge in [-0.25, -0.2) is 0 Å². The van der Waals surface area contributed by atoms with Crippen molar-refractivity contribution < 1.29 is 45.3 Å². The average Bonchev–Trinajstić information content (AvgIpc) is 2.90. The minimum absolute atomic E-state index is 0. The van der Waals surface area contributed by atoms with Gasteiger partial charge in [-0.3, -0.25) is 4.79 Å². The first kappa shape index (κ1) is 35.1. The molecule has 0 spiro atoms. The molecule has 3 N–H and O–H groups in total. The third-order valence-electron chi connectivity index (χ3n) is 6.66. The van der Waals surface area contributed by atoms with Crippen LogP contribution in [0.15, 0.2) is 48.5 Å². The standard InChI is InChI=1S/C20H25NO3.C10H24NO.W/c1-2-3-4-5-8-15-24-19-10-7-6-9-18(19)20(23)21-16-11-13-17(22)14-12-16;1-4-7-8-11(5-2,6-3)9-10-12;/h6-7,9-14,22H,2-5,8,15H2,1H3,(H,21,23);12H,4-10H2,1-3H3;/q;+1;. The number of ether oxygens (including phenoxy) is 1. The maximum absolute atomic E-state index is 12.4. The largest absolute Gasteiger partial charge is 0.508 e. The Bertz CT molecular complexity index is 842. The van der Waals surface area contributed by atoms with Gasteiger partial charge in [0.25, 0.3) is 5.91 Å². The summed E-state index contributed by atoms with van der Waals surface area (Å²) in [6, 6.07) is 13.6. The number of rotatable bonds is 16. The summed E-state index contributed by atoms with van der Waals surface area (Å²) in [6.45, 7) is 14.2. The molecule has 7 heteroatoms. The van der Waals surface area contributed by atoms with Crippen molar-refractivity contribution in [2.24, 2.45) is 0 Å². The number of hydrogen-bond donors (Lipinski definition) is 3. The number of hydrogen-bond acceptors (Lipinski definition) is 4. The number of likely N-dealkylation sites (N-methyl/N-ethyl adjacent to an activating group) is 1. The van der Waals surface area contributed by atoms with Gasteiger partial charge in [0.1, 0.15) is 18.0 Å². The summed E-state index contributed by atoms with van der Waals surface area (Å²) < 4.78 is 6.88. The van der Waals surface area contributed by atoms with Crippen molar-refractivity contribution in [3.05, 3.63) is 54.1 Å². The zero-order chi connectivity index (χ0) is 26.7. The molecule has 0 aliphatic carbocycles. The molecule has 0 aliphatic rings. The second kappa shape index (κ2) is 21.1. The van der Waals surface area contributed by atoms with Gasteiger partial charge in [-0.05, 0) is 63.1 Å². The van der Waals surface area contributed by atoms with Gasteiger partial charge < -0.3 is 24.7 Å². The molecule has 0 atom stereocenters. The number of carbonyl (C=O) groups excluding carboxylic acids is 1. The maximum atomic E-state index is 12.4. The Kier molecular flexibility index (Phi) is 20.0. The van der Waals surface area contributed by atoms with E-state index in [0.29, 0.717) is 30.2 Å². The quantitative estimate of drug-likeness (QED) is 0.105. The van der Waals surface area contributed by atoms with E-state index in [1.165, 1.54) is 50.8 Å². The smallest absolute Gasteiger partial charge is 0.259 e. The Labute approximate surface area is 239 Å². The molecule has 1 amide bonds. The zero-order valence-electron chi connectivity index (χ0n) is 23.4. The van der Waals surface area contributed by atoms with Gasteiger partial charge >= 0.3 is 0 Å². The molecule has 208 valence electrons. The molecule has 0 aromatic heterocycles. The molecule has 0 radical (unpaired) electrons. The number of phenolic OH excluding ortho intramolecular Hbond substituents is 1. The number of nitrogens with zero attached hydrogens (tertiary/aromatic N) is 1. The number of quaternary nitrogens is 1. The van der Waals surface area contributed by atoms with Crippen LogP contribution in [-0.2, 0) is 21.1 Å². The van der Waals surface area contributed by atoms with Crippen LogP contribution in [0.1, 0.15) is 83.0 Å². The van der Waals surface area contributed by atoms with E-state index >= 15 is 0 Å². The molecular weight excluding hydrogens is 636 g/mol. The fraction of sp³-hybridized carbons (Fsp3) is 0.567. The van der Waals surface area contributed by atoms with Crippen LogP contribution in [0.2, 0.25) is 0 Å². The van der Waals surface area contributed by atoms with Crippen molar-refractivity contribution in [2.75, 3.05) is 44.7 Å². The Hall–Kier alpha value is -1.88. The summed E-state index contributed by atoms with van der Waals surface area (Å²) in [5, 5.41) is 21.1.